The summed E-state index contributed by atoms with van der Waals surface area (Å²) >= 11 is -3.77. The molecule has 0 saturated heterocycles. The van der Waals surface area contributed by atoms with Gasteiger partial charge in [0.2, 0.25) is 0 Å². The van der Waals surface area contributed by atoms with Crippen molar-refractivity contribution in [3.05, 3.63) is 127 Å². The van der Waals surface area contributed by atoms with Crippen molar-refractivity contribution >= 4 is 43.8 Å². The topological polar surface area (TPSA) is 0 Å². The van der Waals surface area contributed by atoms with Crippen LogP contribution in [0.2, 0.25) is 8.26 Å². The fourth-order valence-corrected chi connectivity index (χ4v) is 33.5. The minimum atomic E-state index is -3.77. The summed E-state index contributed by atoms with van der Waals surface area (Å²) in [6, 6.07) is 24.2. The van der Waals surface area contributed by atoms with Gasteiger partial charge in [-0.3, -0.25) is 0 Å². The van der Waals surface area contributed by atoms with Gasteiger partial charge in [0, 0.05) is 0 Å². The summed E-state index contributed by atoms with van der Waals surface area (Å²) < 4.78 is 3.77. The second-order valence-electron chi connectivity index (χ2n) is 15.1. The summed E-state index contributed by atoms with van der Waals surface area (Å²) in [5.41, 5.74) is 23.3. The molecule has 2 unspecified atom stereocenters. The number of fused-ring (bicyclic) bond motifs is 2. The Morgan fingerprint density at radius 3 is 1.30 bits per heavy atom. The molecule has 2 aliphatic carbocycles. The molecule has 4 aromatic rings. The van der Waals surface area contributed by atoms with Crippen LogP contribution in [0.15, 0.2) is 71.8 Å². The third-order valence-corrected chi connectivity index (χ3v) is 42.6. The van der Waals surface area contributed by atoms with E-state index in [1.165, 1.54) is 75.0 Å². The molecule has 0 saturated carbocycles. The molecule has 4 heteroatoms. The molecule has 47 heavy (non-hydrogen) atoms. The molecule has 0 bridgehead atoms. The molecule has 0 radical (unpaired) electrons. The molecule has 0 aromatic heterocycles. The second kappa shape index (κ2) is 13.7. The Morgan fingerprint density at radius 2 is 0.894 bits per heavy atom. The van der Waals surface area contributed by atoms with Gasteiger partial charge in [0.05, 0.1) is 0 Å². The van der Waals surface area contributed by atoms with Gasteiger partial charge in [0.25, 0.3) is 0 Å². The number of halogens is 2. The zero-order chi connectivity index (χ0) is 32.4. The van der Waals surface area contributed by atoms with E-state index in [4.69, 9.17) is 0 Å². The first-order chi connectivity index (χ1) is 21.3. The van der Waals surface area contributed by atoms with Crippen molar-refractivity contribution in [1.29, 1.82) is 0 Å². The molecule has 0 fully saturated rings. The van der Waals surface area contributed by atoms with Crippen LogP contribution in [0.1, 0.15) is 97.0 Å². The van der Waals surface area contributed by atoms with Crippen molar-refractivity contribution in [2.75, 3.05) is 0 Å². The van der Waals surface area contributed by atoms with E-state index in [2.05, 4.69) is 149 Å². The molecule has 4 aromatic carbocycles. The Morgan fingerprint density at radius 1 is 0.511 bits per heavy atom. The SMILES string of the molecule is CCC1=Cc2c(-c3cc(C)cc(C)c3)cc(C)cc2[CH]1[Zr](=[SiH2])([CH2]C)([CH2]C)[CH]1C(C)=Cc2c(-c3cc(C)cc(C)c3)cc(C)cc21.Cl.Cl. The zero-order valence-corrected chi connectivity index (χ0v) is 35.7. The van der Waals surface area contributed by atoms with Crippen LogP contribution in [-0.4, -0.2) is 6.88 Å². The van der Waals surface area contributed by atoms with Crippen molar-refractivity contribution in [3.8, 4) is 22.3 Å². The molecule has 0 heterocycles. The van der Waals surface area contributed by atoms with Crippen LogP contribution >= 0.6 is 24.8 Å². The molecule has 6 rings (SSSR count). The van der Waals surface area contributed by atoms with Gasteiger partial charge in [-0.05, 0) is 0 Å². The average Bonchev–Trinajstić information content (AvgIpc) is 3.53. The van der Waals surface area contributed by atoms with Crippen LogP contribution < -0.4 is 0 Å². The first-order valence-electron chi connectivity index (χ1n) is 17.2. The Hall–Kier alpha value is -1.96. The first kappa shape index (κ1) is 37.9. The van der Waals surface area contributed by atoms with Gasteiger partial charge < -0.3 is 0 Å². The molecule has 0 nitrogen and oxygen atoms in total. The molecule has 2 atom stereocenters. The molecule has 0 spiro atoms. The van der Waals surface area contributed by atoms with E-state index in [1.807, 2.05) is 0 Å². The second-order valence-corrected chi connectivity index (χ2v) is 42.6. The molecular weight excluding hydrogens is 707 g/mol. The quantitative estimate of drug-likeness (QED) is 0.165. The summed E-state index contributed by atoms with van der Waals surface area (Å²) in [4.78, 5) is 0. The van der Waals surface area contributed by atoms with Crippen molar-refractivity contribution in [2.45, 2.75) is 91.2 Å². The van der Waals surface area contributed by atoms with Gasteiger partial charge in [-0.1, -0.05) is 0 Å². The van der Waals surface area contributed by atoms with Crippen LogP contribution in [0.25, 0.3) is 34.4 Å². The summed E-state index contributed by atoms with van der Waals surface area (Å²) in [6.07, 6.45) is 6.36. The number of hydrogen-bond donors (Lipinski definition) is 0. The zero-order valence-electron chi connectivity index (χ0n) is 30.2. The van der Waals surface area contributed by atoms with Crippen LogP contribution in [0.4, 0.5) is 0 Å². The maximum absolute atomic E-state index is 3.77. The minimum Gasteiger partial charge on any atom is -0.147 e. The Labute approximate surface area is 299 Å². The Bertz CT molecular complexity index is 1960. The predicted molar refractivity (Wildman–Crippen MR) is 214 cm³/mol. The summed E-state index contributed by atoms with van der Waals surface area (Å²) in [6.45, 7) is 26.2. The number of hydrogen-bond acceptors (Lipinski definition) is 0. The van der Waals surface area contributed by atoms with E-state index in [-0.39, 0.29) is 24.8 Å². The molecule has 0 N–H and O–H groups in total. The van der Waals surface area contributed by atoms with Crippen molar-refractivity contribution < 1.29 is 17.4 Å². The van der Waals surface area contributed by atoms with E-state index in [9.17, 15) is 0 Å². The molecule has 248 valence electrons. The van der Waals surface area contributed by atoms with Gasteiger partial charge in [-0.15, -0.1) is 24.8 Å². The normalized spacial score (nSPS) is 16.9. The molecule has 0 amide bonds. The number of rotatable bonds is 7. The van der Waals surface area contributed by atoms with E-state index in [0.29, 0.717) is 7.25 Å². The van der Waals surface area contributed by atoms with E-state index >= 15 is 0 Å². The van der Waals surface area contributed by atoms with E-state index in [0.717, 1.165) is 6.42 Å². The Balaban J connectivity index is 0.00000250. The van der Waals surface area contributed by atoms with Gasteiger partial charge in [0.15, 0.2) is 0 Å². The maximum Gasteiger partial charge on any atom is -0.147 e. The smallest absolute Gasteiger partial charge is 0.147 e. The fourth-order valence-electron chi connectivity index (χ4n) is 9.71. The maximum atomic E-state index is 2.64. The molecule has 2 aliphatic rings. The average molecular weight is 761 g/mol. The molecule has 0 aliphatic heterocycles. The number of aryl methyl sites for hydroxylation is 6. The molecular formula is C43H54Cl2SiZr. The van der Waals surface area contributed by atoms with E-state index in [1.54, 1.807) is 22.3 Å². The third-order valence-electron chi connectivity index (χ3n) is 11.7. The van der Waals surface area contributed by atoms with Gasteiger partial charge in [-0.25, -0.2) is 0 Å². The number of benzene rings is 4. The van der Waals surface area contributed by atoms with Gasteiger partial charge in [-0.2, -0.15) is 0 Å². The van der Waals surface area contributed by atoms with Gasteiger partial charge in [0.1, 0.15) is 0 Å². The monoisotopic (exact) mass is 758 g/mol. The van der Waals surface area contributed by atoms with Crippen molar-refractivity contribution in [1.82, 2.24) is 0 Å². The van der Waals surface area contributed by atoms with Crippen LogP contribution in [0.5, 0.6) is 0 Å². The minimum absolute atomic E-state index is 0. The summed E-state index contributed by atoms with van der Waals surface area (Å²) in [5.74, 6) is 0. The van der Waals surface area contributed by atoms with Crippen molar-refractivity contribution in [2.24, 2.45) is 0 Å². The summed E-state index contributed by atoms with van der Waals surface area (Å²) in [5, 5.41) is 0. The number of allylic oxidation sites excluding steroid dienone is 2. The van der Waals surface area contributed by atoms with Crippen LogP contribution in [-0.2, 0) is 17.4 Å². The largest absolute Gasteiger partial charge is 0.147 e. The standard InChI is InChI=1S/C20H21.C19H19.2C2H5.2ClH.H2Si.Zr/c1-5-16-11-18-9-15(4)10-19(20(18)12-16)17-7-13(2)6-14(3)8-17;1-12-5-13(2)7-16(6-12)18-10-14(3)8-17-9-15(4)11-19(17)18;2*1-2;;;;/h6-12H,5H2,1-4H3;5-11H,1-4H3;2*1H2,2H3;2*1H;1H2;. The van der Waals surface area contributed by atoms with Crippen LogP contribution in [0, 0.1) is 41.5 Å². The third kappa shape index (κ3) is 6.20. The van der Waals surface area contributed by atoms with E-state index < -0.39 is 17.4 Å². The van der Waals surface area contributed by atoms with Crippen molar-refractivity contribution in [3.63, 3.8) is 0 Å². The van der Waals surface area contributed by atoms with Crippen LogP contribution in [0.3, 0.4) is 0 Å². The van der Waals surface area contributed by atoms with Gasteiger partial charge >= 0.3 is 277 Å². The fraction of sp³-hybridized carbons (Fsp3) is 0.349. The Kier molecular flexibility index (Phi) is 11.1. The first-order valence-corrected chi connectivity index (χ1v) is 29.4. The summed E-state index contributed by atoms with van der Waals surface area (Å²) in [7, 11) is 0. The predicted octanol–water partition coefficient (Wildman–Crippen LogP) is 12.8.